The third kappa shape index (κ3) is 2.96. The first kappa shape index (κ1) is 18.9. The zero-order valence-electron chi connectivity index (χ0n) is 16.7. The summed E-state index contributed by atoms with van der Waals surface area (Å²) in [5.41, 5.74) is 3.37. The van der Waals surface area contributed by atoms with Gasteiger partial charge in [-0.3, -0.25) is 4.84 Å². The summed E-state index contributed by atoms with van der Waals surface area (Å²) in [6, 6.07) is 28.8. The van der Waals surface area contributed by atoms with Crippen LogP contribution in [0.4, 0.5) is 0 Å². The fraction of sp³-hybridized carbons (Fsp3) is 0.280. The summed E-state index contributed by atoms with van der Waals surface area (Å²) in [4.78, 5) is 6.46. The molecule has 4 rings (SSSR count). The van der Waals surface area contributed by atoms with Gasteiger partial charge in [0.2, 0.25) is 0 Å². The van der Waals surface area contributed by atoms with Crippen LogP contribution in [0.15, 0.2) is 84.9 Å². The molecule has 1 saturated heterocycles. The van der Waals surface area contributed by atoms with Crippen molar-refractivity contribution in [3.63, 3.8) is 0 Å². The smallest absolute Gasteiger partial charge is 0.160 e. The van der Waals surface area contributed by atoms with Crippen molar-refractivity contribution in [2.75, 3.05) is 6.61 Å². The molecule has 144 valence electrons. The summed E-state index contributed by atoms with van der Waals surface area (Å²) in [7, 11) is 0. The van der Waals surface area contributed by atoms with Gasteiger partial charge in [-0.05, 0) is 37.5 Å². The summed E-state index contributed by atoms with van der Waals surface area (Å²) in [6.07, 6.45) is 0. The lowest BCUT2D eigenvalue weighted by atomic mass is 9.77. The summed E-state index contributed by atoms with van der Waals surface area (Å²) in [6.45, 7) is 6.33. The van der Waals surface area contributed by atoms with Crippen molar-refractivity contribution >= 4 is 0 Å². The van der Waals surface area contributed by atoms with Crippen molar-refractivity contribution < 1.29 is 9.94 Å². The van der Waals surface area contributed by atoms with Gasteiger partial charge in [0.15, 0.2) is 5.60 Å². The van der Waals surface area contributed by atoms with Gasteiger partial charge in [-0.1, -0.05) is 90.5 Å². The molecule has 3 aromatic rings. The Morgan fingerprint density at radius 1 is 0.893 bits per heavy atom. The highest BCUT2D eigenvalue weighted by Gasteiger charge is 2.60. The van der Waals surface area contributed by atoms with E-state index in [1.807, 2.05) is 53.6 Å². The number of aliphatic hydroxyl groups excluding tert-OH is 1. The molecule has 0 spiro atoms. The third-order valence-corrected chi connectivity index (χ3v) is 5.86. The number of aliphatic hydroxyl groups is 1. The molecule has 1 aliphatic rings. The van der Waals surface area contributed by atoms with Crippen LogP contribution in [0.3, 0.4) is 0 Å². The normalized spacial score (nSPS) is 22.6. The quantitative estimate of drug-likeness (QED) is 0.675. The summed E-state index contributed by atoms with van der Waals surface area (Å²) in [5, 5.41) is 12.5. The minimum absolute atomic E-state index is 0.0864. The van der Waals surface area contributed by atoms with Crippen LogP contribution in [-0.4, -0.2) is 16.8 Å². The van der Waals surface area contributed by atoms with E-state index in [1.165, 1.54) is 11.1 Å². The predicted molar refractivity (Wildman–Crippen MR) is 112 cm³/mol. The number of rotatable bonds is 5. The van der Waals surface area contributed by atoms with E-state index < -0.39 is 5.60 Å². The fourth-order valence-corrected chi connectivity index (χ4v) is 4.12. The molecule has 0 unspecified atom stereocenters. The maximum absolute atomic E-state index is 10.5. The second-order valence-corrected chi connectivity index (χ2v) is 8.07. The number of hydroxylamine groups is 2. The van der Waals surface area contributed by atoms with Crippen molar-refractivity contribution in [3.8, 4) is 0 Å². The van der Waals surface area contributed by atoms with Gasteiger partial charge in [-0.25, -0.2) is 0 Å². The maximum Gasteiger partial charge on any atom is 0.160 e. The van der Waals surface area contributed by atoms with E-state index in [1.54, 1.807) is 0 Å². The molecule has 1 fully saturated rings. The number of benzene rings is 3. The molecule has 3 aromatic carbocycles. The van der Waals surface area contributed by atoms with Crippen molar-refractivity contribution in [1.29, 1.82) is 0 Å². The van der Waals surface area contributed by atoms with Crippen LogP contribution in [0.2, 0.25) is 0 Å². The Balaban J connectivity index is 1.81. The largest absolute Gasteiger partial charge is 0.393 e. The first-order chi connectivity index (χ1) is 13.5. The average molecular weight is 373 g/mol. The highest BCUT2D eigenvalue weighted by atomic mass is 16.7. The van der Waals surface area contributed by atoms with Crippen molar-refractivity contribution in [1.82, 2.24) is 5.06 Å². The summed E-state index contributed by atoms with van der Waals surface area (Å²) >= 11 is 0. The first-order valence-corrected chi connectivity index (χ1v) is 9.76. The maximum atomic E-state index is 10.5. The lowest BCUT2D eigenvalue weighted by molar-refractivity contribution is -0.446. The average Bonchev–Trinajstić information content (AvgIpc) is 2.71. The second kappa shape index (κ2) is 7.17. The van der Waals surface area contributed by atoms with Gasteiger partial charge in [0, 0.05) is 0 Å². The molecular weight excluding hydrogens is 346 g/mol. The third-order valence-electron chi connectivity index (χ3n) is 5.86. The molecule has 3 nitrogen and oxygen atoms in total. The molecule has 0 bridgehead atoms. The molecule has 28 heavy (non-hydrogen) atoms. The molecule has 0 aliphatic carbocycles. The van der Waals surface area contributed by atoms with E-state index in [2.05, 4.69) is 57.2 Å². The van der Waals surface area contributed by atoms with Gasteiger partial charge in [0.25, 0.3) is 0 Å². The van der Waals surface area contributed by atoms with Crippen molar-refractivity contribution in [3.05, 3.63) is 107 Å². The van der Waals surface area contributed by atoms with Gasteiger partial charge in [-0.2, -0.15) is 5.06 Å². The topological polar surface area (TPSA) is 32.7 Å². The minimum atomic E-state index is -0.789. The van der Waals surface area contributed by atoms with Crippen LogP contribution in [0, 0.1) is 6.92 Å². The second-order valence-electron chi connectivity index (χ2n) is 8.07. The van der Waals surface area contributed by atoms with E-state index in [4.69, 9.17) is 4.84 Å². The zero-order valence-corrected chi connectivity index (χ0v) is 16.7. The van der Waals surface area contributed by atoms with Crippen LogP contribution in [-0.2, 0) is 16.0 Å². The van der Waals surface area contributed by atoms with E-state index in [9.17, 15) is 5.11 Å². The molecule has 2 atom stereocenters. The van der Waals surface area contributed by atoms with Crippen LogP contribution in [0.5, 0.6) is 0 Å². The molecular formula is C25H27NO2. The monoisotopic (exact) mass is 373 g/mol. The Bertz CT molecular complexity index is 922. The lowest BCUT2D eigenvalue weighted by Crippen LogP contribution is -2.66. The highest BCUT2D eigenvalue weighted by Crippen LogP contribution is 2.56. The lowest BCUT2D eigenvalue weighted by Gasteiger charge is -2.61. The van der Waals surface area contributed by atoms with Gasteiger partial charge >= 0.3 is 0 Å². The molecule has 0 amide bonds. The Labute approximate surface area is 167 Å². The van der Waals surface area contributed by atoms with Crippen molar-refractivity contribution in [2.24, 2.45) is 0 Å². The zero-order chi connectivity index (χ0) is 19.8. The van der Waals surface area contributed by atoms with Gasteiger partial charge in [-0.15, -0.1) is 0 Å². The molecule has 0 saturated carbocycles. The minimum Gasteiger partial charge on any atom is -0.393 e. The van der Waals surface area contributed by atoms with Gasteiger partial charge in [0.1, 0.15) is 0 Å². The van der Waals surface area contributed by atoms with Gasteiger partial charge < -0.3 is 5.11 Å². The Kier molecular flexibility index (Phi) is 4.84. The van der Waals surface area contributed by atoms with E-state index >= 15 is 0 Å². The number of hydrogen-bond donors (Lipinski definition) is 1. The van der Waals surface area contributed by atoms with E-state index in [-0.39, 0.29) is 18.2 Å². The van der Waals surface area contributed by atoms with Crippen LogP contribution in [0.1, 0.15) is 42.1 Å². The van der Waals surface area contributed by atoms with Crippen molar-refractivity contribution in [2.45, 2.75) is 38.0 Å². The Hall–Kier alpha value is -2.46. The molecule has 1 aliphatic heterocycles. The van der Waals surface area contributed by atoms with Crippen LogP contribution < -0.4 is 0 Å². The standard InChI is InChI=1S/C25H27NO2/c1-19-14-16-20(17-15-19)23-25(18-27,22-12-8-5-9-13-22)28-26(23)24(2,3)21-10-6-4-7-11-21/h4-17,23,27H,18H2,1-3H3/t23-,25+/m1/s1. The Morgan fingerprint density at radius 3 is 2.04 bits per heavy atom. The van der Waals surface area contributed by atoms with E-state index in [0.29, 0.717) is 0 Å². The summed E-state index contributed by atoms with van der Waals surface area (Å²) in [5.74, 6) is 0. The fourth-order valence-electron chi connectivity index (χ4n) is 4.12. The number of aryl methyl sites for hydroxylation is 1. The van der Waals surface area contributed by atoms with Crippen LogP contribution in [0.25, 0.3) is 0 Å². The Morgan fingerprint density at radius 2 is 1.46 bits per heavy atom. The molecule has 1 heterocycles. The number of hydrogen-bond acceptors (Lipinski definition) is 3. The van der Waals surface area contributed by atoms with Gasteiger partial charge in [0.05, 0.1) is 18.2 Å². The molecule has 0 radical (unpaired) electrons. The summed E-state index contributed by atoms with van der Waals surface area (Å²) < 4.78 is 0. The molecule has 1 N–H and O–H groups in total. The predicted octanol–water partition coefficient (Wildman–Crippen LogP) is 5.11. The molecule has 3 heteroatoms. The SMILES string of the molecule is Cc1ccc([C@H]2N(C(C)(C)c3ccccc3)O[C@@]2(CO)c2ccccc2)cc1. The van der Waals surface area contributed by atoms with Crippen LogP contribution >= 0.6 is 0 Å². The number of nitrogens with zero attached hydrogens (tertiary/aromatic N) is 1. The first-order valence-electron chi connectivity index (χ1n) is 9.76. The molecule has 0 aromatic heterocycles. The highest BCUT2D eigenvalue weighted by molar-refractivity contribution is 5.36. The van der Waals surface area contributed by atoms with E-state index in [0.717, 1.165) is 11.1 Å².